The van der Waals surface area contributed by atoms with Crippen molar-refractivity contribution in [2.45, 2.75) is 6.92 Å². The van der Waals surface area contributed by atoms with E-state index in [1.165, 1.54) is 0 Å². The summed E-state index contributed by atoms with van der Waals surface area (Å²) in [4.78, 5) is 11.5. The Labute approximate surface area is 93.5 Å². The zero-order valence-electron chi connectivity index (χ0n) is 8.23. The molecule has 0 aromatic heterocycles. The van der Waals surface area contributed by atoms with Gasteiger partial charge in [0.05, 0.1) is 5.56 Å². The van der Waals surface area contributed by atoms with Gasteiger partial charge in [-0.25, -0.2) is 4.79 Å². The quantitative estimate of drug-likeness (QED) is 0.588. The molecule has 2 aromatic rings. The Bertz CT molecular complexity index is 520. The summed E-state index contributed by atoms with van der Waals surface area (Å²) in [7, 11) is 0. The van der Waals surface area contributed by atoms with E-state index in [9.17, 15) is 4.79 Å². The van der Waals surface area contributed by atoms with Gasteiger partial charge in [-0.3, -0.25) is 0 Å². The fraction of sp³-hybridized carbons (Fsp3) is 0.0833. The zero-order valence-corrected chi connectivity index (χ0v) is 9.12. The molecule has 0 unspecified atom stereocenters. The van der Waals surface area contributed by atoms with Crippen molar-refractivity contribution in [1.82, 2.24) is 0 Å². The third kappa shape index (κ3) is 1.83. The van der Waals surface area contributed by atoms with Gasteiger partial charge in [-0.2, -0.15) is 0 Å². The standard InChI is InChI=1S/C12H10O2S/c1-8-6-9-4-2-3-5-10(9)11(7-8)12(13)14-15/h2-7,15H,1H3. The van der Waals surface area contributed by atoms with Crippen molar-refractivity contribution < 1.29 is 8.98 Å². The van der Waals surface area contributed by atoms with Crippen LogP contribution in [0.1, 0.15) is 15.9 Å². The molecule has 0 amide bonds. The Kier molecular flexibility index (Phi) is 2.64. The molecule has 0 heterocycles. The molecule has 76 valence electrons. The van der Waals surface area contributed by atoms with Crippen molar-refractivity contribution in [3.63, 3.8) is 0 Å². The molecule has 0 bridgehead atoms. The van der Waals surface area contributed by atoms with Gasteiger partial charge in [0.1, 0.15) is 0 Å². The van der Waals surface area contributed by atoms with Crippen LogP contribution in [0.2, 0.25) is 0 Å². The number of carbonyl (C=O) groups is 1. The Morgan fingerprint density at radius 3 is 2.73 bits per heavy atom. The predicted molar refractivity (Wildman–Crippen MR) is 63.1 cm³/mol. The highest BCUT2D eigenvalue weighted by molar-refractivity contribution is 7.75. The minimum atomic E-state index is -0.418. The lowest BCUT2D eigenvalue weighted by atomic mass is 10.0. The highest BCUT2D eigenvalue weighted by atomic mass is 32.1. The number of carbonyl (C=O) groups excluding carboxylic acids is 1. The van der Waals surface area contributed by atoms with Crippen LogP contribution in [-0.2, 0) is 4.18 Å². The van der Waals surface area contributed by atoms with Crippen LogP contribution < -0.4 is 0 Å². The molecule has 2 aromatic carbocycles. The van der Waals surface area contributed by atoms with Crippen LogP contribution >= 0.6 is 12.9 Å². The van der Waals surface area contributed by atoms with Crippen LogP contribution in [0.15, 0.2) is 36.4 Å². The second kappa shape index (κ2) is 3.95. The second-order valence-corrected chi connectivity index (χ2v) is 3.59. The first-order chi connectivity index (χ1) is 7.22. The molecule has 0 saturated carbocycles. The molecule has 0 spiro atoms. The summed E-state index contributed by atoms with van der Waals surface area (Å²) in [6.45, 7) is 1.95. The highest BCUT2D eigenvalue weighted by Crippen LogP contribution is 2.21. The van der Waals surface area contributed by atoms with E-state index in [0.717, 1.165) is 16.3 Å². The molecule has 3 heteroatoms. The van der Waals surface area contributed by atoms with Gasteiger partial charge in [-0.1, -0.05) is 30.3 Å². The van der Waals surface area contributed by atoms with E-state index < -0.39 is 5.97 Å². The summed E-state index contributed by atoms with van der Waals surface area (Å²) >= 11 is 3.54. The van der Waals surface area contributed by atoms with Crippen LogP contribution in [0.5, 0.6) is 0 Å². The molecule has 0 fully saturated rings. The Morgan fingerprint density at radius 1 is 1.27 bits per heavy atom. The fourth-order valence-corrected chi connectivity index (χ4v) is 1.78. The molecule has 0 aliphatic carbocycles. The molecular weight excluding hydrogens is 208 g/mol. The monoisotopic (exact) mass is 218 g/mol. The highest BCUT2D eigenvalue weighted by Gasteiger charge is 2.10. The van der Waals surface area contributed by atoms with Crippen LogP contribution in [0.25, 0.3) is 10.8 Å². The van der Waals surface area contributed by atoms with E-state index in [-0.39, 0.29) is 0 Å². The molecule has 15 heavy (non-hydrogen) atoms. The van der Waals surface area contributed by atoms with Gasteiger partial charge < -0.3 is 4.18 Å². The molecule has 0 N–H and O–H groups in total. The topological polar surface area (TPSA) is 26.3 Å². The van der Waals surface area contributed by atoms with Crippen LogP contribution in [0, 0.1) is 6.92 Å². The summed E-state index contributed by atoms with van der Waals surface area (Å²) in [6.07, 6.45) is 0. The van der Waals surface area contributed by atoms with E-state index in [2.05, 4.69) is 17.1 Å². The van der Waals surface area contributed by atoms with Gasteiger partial charge in [0.2, 0.25) is 0 Å². The van der Waals surface area contributed by atoms with Gasteiger partial charge >= 0.3 is 5.97 Å². The molecule has 0 atom stereocenters. The maximum Gasteiger partial charge on any atom is 0.350 e. The number of fused-ring (bicyclic) bond motifs is 1. The number of thiol groups is 1. The number of aryl methyl sites for hydroxylation is 1. The summed E-state index contributed by atoms with van der Waals surface area (Å²) < 4.78 is 4.45. The smallest absolute Gasteiger partial charge is 0.350 e. The fourth-order valence-electron chi connectivity index (χ4n) is 1.68. The van der Waals surface area contributed by atoms with Gasteiger partial charge in [-0.15, -0.1) is 0 Å². The lowest BCUT2D eigenvalue weighted by Crippen LogP contribution is -1.99. The lowest BCUT2D eigenvalue weighted by molar-refractivity contribution is 0.0774. The van der Waals surface area contributed by atoms with Gasteiger partial charge in [0, 0.05) is 12.9 Å². The van der Waals surface area contributed by atoms with Crippen LogP contribution in [-0.4, -0.2) is 5.97 Å². The summed E-state index contributed by atoms with van der Waals surface area (Å²) in [5.74, 6) is -0.418. The van der Waals surface area contributed by atoms with Crippen molar-refractivity contribution in [1.29, 1.82) is 0 Å². The van der Waals surface area contributed by atoms with Crippen LogP contribution in [0.4, 0.5) is 0 Å². The lowest BCUT2D eigenvalue weighted by Gasteiger charge is -2.05. The zero-order chi connectivity index (χ0) is 10.8. The normalized spacial score (nSPS) is 10.3. The van der Waals surface area contributed by atoms with Crippen molar-refractivity contribution in [3.05, 3.63) is 47.5 Å². The Balaban J connectivity index is 2.76. The Hall–Kier alpha value is -1.48. The molecule has 2 rings (SSSR count). The van der Waals surface area contributed by atoms with Crippen molar-refractivity contribution in [2.24, 2.45) is 0 Å². The maximum absolute atomic E-state index is 11.5. The third-order valence-electron chi connectivity index (χ3n) is 2.31. The molecular formula is C12H10O2S. The van der Waals surface area contributed by atoms with Crippen molar-refractivity contribution >= 4 is 29.7 Å². The molecule has 0 radical (unpaired) electrons. The predicted octanol–water partition coefficient (Wildman–Crippen LogP) is 3.15. The van der Waals surface area contributed by atoms with E-state index >= 15 is 0 Å². The van der Waals surface area contributed by atoms with Crippen molar-refractivity contribution in [3.8, 4) is 0 Å². The SMILES string of the molecule is Cc1cc(C(=O)OS)c2ccccc2c1. The van der Waals surface area contributed by atoms with E-state index in [1.54, 1.807) is 6.07 Å². The number of hydrogen-bond acceptors (Lipinski definition) is 3. The van der Waals surface area contributed by atoms with E-state index in [1.807, 2.05) is 37.3 Å². The number of rotatable bonds is 1. The first kappa shape index (κ1) is 10.1. The minimum absolute atomic E-state index is 0.418. The summed E-state index contributed by atoms with van der Waals surface area (Å²) in [5, 5.41) is 1.92. The van der Waals surface area contributed by atoms with Gasteiger partial charge in [0.15, 0.2) is 0 Å². The summed E-state index contributed by atoms with van der Waals surface area (Å²) in [5.41, 5.74) is 1.59. The average Bonchev–Trinajstić information content (AvgIpc) is 2.26. The van der Waals surface area contributed by atoms with E-state index in [4.69, 9.17) is 0 Å². The molecule has 2 nitrogen and oxygen atoms in total. The first-order valence-corrected chi connectivity index (χ1v) is 4.94. The Morgan fingerprint density at radius 2 is 2.00 bits per heavy atom. The van der Waals surface area contributed by atoms with Crippen LogP contribution in [0.3, 0.4) is 0 Å². The van der Waals surface area contributed by atoms with Gasteiger partial charge in [-0.05, 0) is 29.3 Å². The third-order valence-corrected chi connectivity index (χ3v) is 2.47. The number of hydrogen-bond donors (Lipinski definition) is 1. The second-order valence-electron chi connectivity index (χ2n) is 3.41. The molecule has 0 aliphatic heterocycles. The van der Waals surface area contributed by atoms with Crippen molar-refractivity contribution in [2.75, 3.05) is 0 Å². The molecule has 0 saturated heterocycles. The number of benzene rings is 2. The summed E-state index contributed by atoms with van der Waals surface area (Å²) in [6, 6.07) is 11.5. The van der Waals surface area contributed by atoms with E-state index in [0.29, 0.717) is 5.56 Å². The first-order valence-electron chi connectivity index (χ1n) is 4.57. The molecule has 0 aliphatic rings. The maximum atomic E-state index is 11.5. The van der Waals surface area contributed by atoms with Gasteiger partial charge in [0.25, 0.3) is 0 Å². The average molecular weight is 218 g/mol. The minimum Gasteiger partial charge on any atom is -0.391 e. The largest absolute Gasteiger partial charge is 0.391 e.